The Balaban J connectivity index is 0.00000306. The predicted octanol–water partition coefficient (Wildman–Crippen LogP) is 2.11. The molecule has 2 aromatic rings. The highest BCUT2D eigenvalue weighted by molar-refractivity contribution is 14.0. The van der Waals surface area contributed by atoms with Crippen molar-refractivity contribution in [1.82, 2.24) is 24.9 Å². The second kappa shape index (κ2) is 11.7. The number of carbonyl (C=O) groups is 1. The van der Waals surface area contributed by atoms with E-state index >= 15 is 0 Å². The largest absolute Gasteiger partial charge is 0.497 e. The number of likely N-dealkylation sites (tertiary alicyclic amines) is 1. The molecule has 0 radical (unpaired) electrons. The minimum absolute atomic E-state index is 0. The number of aliphatic imine (C=N–C) groups is 1. The molecule has 2 fully saturated rings. The molecule has 10 heteroatoms. The maximum atomic E-state index is 12.8. The molecule has 0 spiro atoms. The van der Waals surface area contributed by atoms with Gasteiger partial charge >= 0.3 is 0 Å². The average molecular weight is 567 g/mol. The van der Waals surface area contributed by atoms with Crippen molar-refractivity contribution in [2.45, 2.75) is 18.9 Å². The number of halogens is 1. The number of benzene rings is 1. The smallest absolute Gasteiger partial charge is 0.246 e. The van der Waals surface area contributed by atoms with E-state index in [0.717, 1.165) is 43.6 Å². The lowest BCUT2D eigenvalue weighted by Crippen LogP contribution is -2.56. The van der Waals surface area contributed by atoms with Crippen LogP contribution in [0.5, 0.6) is 5.75 Å². The van der Waals surface area contributed by atoms with Crippen molar-refractivity contribution in [1.29, 1.82) is 0 Å². The Hall–Kier alpha value is -2.34. The Labute approximate surface area is 212 Å². The molecule has 1 N–H and O–H groups in total. The van der Waals surface area contributed by atoms with Gasteiger partial charge < -0.3 is 19.9 Å². The summed E-state index contributed by atoms with van der Waals surface area (Å²) in [5, 5.41) is 7.72. The minimum atomic E-state index is 0. The van der Waals surface area contributed by atoms with Crippen LogP contribution < -0.4 is 15.0 Å². The molecule has 0 bridgehead atoms. The van der Waals surface area contributed by atoms with Gasteiger partial charge in [0.25, 0.3) is 0 Å². The van der Waals surface area contributed by atoms with Gasteiger partial charge in [-0.25, -0.2) is 0 Å². The van der Waals surface area contributed by atoms with E-state index in [0.29, 0.717) is 13.1 Å². The third-order valence-corrected chi connectivity index (χ3v) is 6.27. The van der Waals surface area contributed by atoms with E-state index in [1.807, 2.05) is 30.3 Å². The van der Waals surface area contributed by atoms with Gasteiger partial charge in [-0.15, -0.1) is 24.0 Å². The van der Waals surface area contributed by atoms with Gasteiger partial charge in [0, 0.05) is 39.9 Å². The number of hydrogen-bond donors (Lipinski definition) is 1. The molecule has 0 saturated carbocycles. The van der Waals surface area contributed by atoms with Gasteiger partial charge in [-0.05, 0) is 43.6 Å². The fourth-order valence-electron chi connectivity index (χ4n) is 4.53. The van der Waals surface area contributed by atoms with E-state index in [1.165, 1.54) is 18.4 Å². The summed E-state index contributed by atoms with van der Waals surface area (Å²) in [6, 6.07) is 8.56. The standard InChI is InChI=1S/C23H33N7O2.HI/c1-24-23(29-12-13-30(22(31)17-29)19-14-26-27(2)16-19)25-15-21(28-10-4-5-11-28)18-6-8-20(32-3)9-7-18;/h6-9,14,16,21H,4-5,10-13,15,17H2,1-3H3,(H,24,25);1H. The first-order valence-corrected chi connectivity index (χ1v) is 11.2. The number of rotatable bonds is 6. The van der Waals surface area contributed by atoms with E-state index in [2.05, 4.69) is 32.4 Å². The molecular weight excluding hydrogens is 533 g/mol. The van der Waals surface area contributed by atoms with Gasteiger partial charge in [0.2, 0.25) is 5.91 Å². The van der Waals surface area contributed by atoms with Crippen LogP contribution in [-0.4, -0.2) is 84.9 Å². The molecule has 1 aromatic carbocycles. The van der Waals surface area contributed by atoms with Crippen LogP contribution in [0.1, 0.15) is 24.4 Å². The van der Waals surface area contributed by atoms with Crippen molar-refractivity contribution in [2.75, 3.05) is 58.3 Å². The fraction of sp³-hybridized carbons (Fsp3) is 0.522. The normalized spacial score (nSPS) is 18.3. The summed E-state index contributed by atoms with van der Waals surface area (Å²) in [5.41, 5.74) is 2.10. The number of guanidine groups is 1. The number of hydrogen-bond acceptors (Lipinski definition) is 5. The first-order chi connectivity index (χ1) is 15.6. The molecule has 33 heavy (non-hydrogen) atoms. The molecule has 180 valence electrons. The van der Waals surface area contributed by atoms with Crippen molar-refractivity contribution in [2.24, 2.45) is 12.0 Å². The molecule has 2 aliphatic heterocycles. The number of anilines is 1. The summed E-state index contributed by atoms with van der Waals surface area (Å²) < 4.78 is 7.04. The van der Waals surface area contributed by atoms with Crippen molar-refractivity contribution < 1.29 is 9.53 Å². The van der Waals surface area contributed by atoms with Crippen LogP contribution in [0.2, 0.25) is 0 Å². The lowest BCUT2D eigenvalue weighted by molar-refractivity contribution is -0.120. The zero-order valence-corrected chi connectivity index (χ0v) is 21.9. The quantitative estimate of drug-likeness (QED) is 0.328. The number of aromatic nitrogens is 2. The Morgan fingerprint density at radius 3 is 2.48 bits per heavy atom. The Morgan fingerprint density at radius 2 is 1.91 bits per heavy atom. The molecule has 2 aliphatic rings. The number of carbonyl (C=O) groups excluding carboxylic acids is 1. The SMILES string of the molecule is CN=C(NCC(c1ccc(OC)cc1)N1CCCC1)N1CCN(c2cnn(C)c2)C(=O)C1.I. The van der Waals surface area contributed by atoms with Crippen LogP contribution >= 0.6 is 24.0 Å². The van der Waals surface area contributed by atoms with Crippen LogP contribution in [0, 0.1) is 0 Å². The number of aryl methyl sites for hydroxylation is 1. The molecule has 2 saturated heterocycles. The molecule has 4 rings (SSSR count). The minimum Gasteiger partial charge on any atom is -0.497 e. The topological polar surface area (TPSA) is 78.2 Å². The van der Waals surface area contributed by atoms with E-state index in [9.17, 15) is 4.79 Å². The summed E-state index contributed by atoms with van der Waals surface area (Å²) in [6.45, 7) is 4.55. The number of methoxy groups -OCH3 is 1. The maximum absolute atomic E-state index is 12.8. The molecule has 1 atom stereocenters. The summed E-state index contributed by atoms with van der Waals surface area (Å²) in [4.78, 5) is 23.6. The molecular formula is C23H34IN7O2. The summed E-state index contributed by atoms with van der Waals surface area (Å²) in [7, 11) is 5.32. The van der Waals surface area contributed by atoms with E-state index in [-0.39, 0.29) is 35.9 Å². The first-order valence-electron chi connectivity index (χ1n) is 11.2. The number of nitrogens with zero attached hydrogens (tertiary/aromatic N) is 6. The van der Waals surface area contributed by atoms with Crippen molar-refractivity contribution >= 4 is 41.5 Å². The van der Waals surface area contributed by atoms with Crippen LogP contribution in [0.4, 0.5) is 5.69 Å². The number of nitrogens with one attached hydrogen (secondary N) is 1. The van der Waals surface area contributed by atoms with Gasteiger partial charge in [-0.1, -0.05) is 12.1 Å². The Kier molecular flexibility index (Phi) is 8.95. The maximum Gasteiger partial charge on any atom is 0.246 e. The second-order valence-electron chi connectivity index (χ2n) is 8.30. The highest BCUT2D eigenvalue weighted by Gasteiger charge is 2.29. The average Bonchev–Trinajstić information content (AvgIpc) is 3.49. The van der Waals surface area contributed by atoms with E-state index in [1.54, 1.807) is 29.9 Å². The molecule has 0 aliphatic carbocycles. The molecule has 1 amide bonds. The number of ether oxygens (including phenoxy) is 1. The third-order valence-electron chi connectivity index (χ3n) is 6.27. The first kappa shape index (κ1) is 25.3. The summed E-state index contributed by atoms with van der Waals surface area (Å²) in [6.07, 6.45) is 6.06. The predicted molar refractivity (Wildman–Crippen MR) is 140 cm³/mol. The summed E-state index contributed by atoms with van der Waals surface area (Å²) >= 11 is 0. The van der Waals surface area contributed by atoms with Crippen LogP contribution in [0.15, 0.2) is 41.7 Å². The zero-order valence-electron chi connectivity index (χ0n) is 19.6. The number of piperazine rings is 1. The van der Waals surface area contributed by atoms with Crippen molar-refractivity contribution in [3.05, 3.63) is 42.2 Å². The Morgan fingerprint density at radius 1 is 1.18 bits per heavy atom. The van der Waals surface area contributed by atoms with Gasteiger partial charge in [0.15, 0.2) is 5.96 Å². The van der Waals surface area contributed by atoms with Gasteiger partial charge in [0.1, 0.15) is 12.3 Å². The van der Waals surface area contributed by atoms with E-state index < -0.39 is 0 Å². The van der Waals surface area contributed by atoms with Gasteiger partial charge in [0.05, 0.1) is 25.0 Å². The van der Waals surface area contributed by atoms with Crippen LogP contribution in [0.3, 0.4) is 0 Å². The molecule has 9 nitrogen and oxygen atoms in total. The second-order valence-corrected chi connectivity index (χ2v) is 8.30. The number of amides is 1. The van der Waals surface area contributed by atoms with Crippen molar-refractivity contribution in [3.63, 3.8) is 0 Å². The third kappa shape index (κ3) is 5.97. The van der Waals surface area contributed by atoms with Crippen LogP contribution in [0.25, 0.3) is 0 Å². The van der Waals surface area contributed by atoms with E-state index in [4.69, 9.17) is 4.74 Å². The monoisotopic (exact) mass is 567 g/mol. The lowest BCUT2D eigenvalue weighted by Gasteiger charge is -2.36. The zero-order chi connectivity index (χ0) is 22.5. The van der Waals surface area contributed by atoms with Crippen molar-refractivity contribution in [3.8, 4) is 5.75 Å². The van der Waals surface area contributed by atoms with Crippen LogP contribution in [-0.2, 0) is 11.8 Å². The summed E-state index contributed by atoms with van der Waals surface area (Å²) in [5.74, 6) is 1.68. The molecule has 1 unspecified atom stereocenters. The molecule has 3 heterocycles. The fourth-order valence-corrected chi connectivity index (χ4v) is 4.53. The highest BCUT2D eigenvalue weighted by Crippen LogP contribution is 2.26. The van der Waals surface area contributed by atoms with Gasteiger partial charge in [-0.3, -0.25) is 19.4 Å². The Bertz CT molecular complexity index is 941. The van der Waals surface area contributed by atoms with Gasteiger partial charge in [-0.2, -0.15) is 5.10 Å². The molecule has 1 aromatic heterocycles. The highest BCUT2D eigenvalue weighted by atomic mass is 127. The lowest BCUT2D eigenvalue weighted by atomic mass is 10.1.